The molecular weight excluding hydrogens is 454 g/mol. The topological polar surface area (TPSA) is 122 Å². The lowest BCUT2D eigenvalue weighted by molar-refractivity contribution is 0.306. The fourth-order valence-electron chi connectivity index (χ4n) is 4.29. The van der Waals surface area contributed by atoms with Crippen LogP contribution in [0.5, 0.6) is 5.75 Å². The predicted molar refractivity (Wildman–Crippen MR) is 139 cm³/mol. The van der Waals surface area contributed by atoms with E-state index in [0.717, 1.165) is 50.4 Å². The highest BCUT2D eigenvalue weighted by Crippen LogP contribution is 2.34. The smallest absolute Gasteiger partial charge is 0.150 e. The van der Waals surface area contributed by atoms with Crippen molar-refractivity contribution in [3.8, 4) is 22.7 Å². The maximum atomic E-state index is 6.27. The molecular formula is C26H23N9O. The highest BCUT2D eigenvalue weighted by Gasteiger charge is 2.18. The quantitative estimate of drug-likeness (QED) is 0.370. The molecule has 178 valence electrons. The second-order valence-corrected chi connectivity index (χ2v) is 8.35. The molecule has 10 nitrogen and oxygen atoms in total. The first-order valence-electron chi connectivity index (χ1n) is 11.4. The largest absolute Gasteiger partial charge is 0.489 e. The van der Waals surface area contributed by atoms with Crippen LogP contribution in [0, 0.1) is 0 Å². The number of anilines is 2. The van der Waals surface area contributed by atoms with E-state index in [0.29, 0.717) is 18.1 Å². The monoisotopic (exact) mass is 477 g/mol. The summed E-state index contributed by atoms with van der Waals surface area (Å²) in [7, 11) is 3.74. The lowest BCUT2D eigenvalue weighted by Crippen LogP contribution is -2.01. The molecule has 0 fully saturated rings. The van der Waals surface area contributed by atoms with Crippen molar-refractivity contribution in [3.63, 3.8) is 0 Å². The van der Waals surface area contributed by atoms with Gasteiger partial charge in [0, 0.05) is 55.3 Å². The first-order valence-corrected chi connectivity index (χ1v) is 11.4. The minimum atomic E-state index is 0.350. The van der Waals surface area contributed by atoms with E-state index in [1.807, 2.05) is 67.3 Å². The molecule has 0 bridgehead atoms. The van der Waals surface area contributed by atoms with Gasteiger partial charge in [-0.25, -0.2) is 15.0 Å². The number of aromatic nitrogens is 7. The van der Waals surface area contributed by atoms with Crippen molar-refractivity contribution in [2.45, 2.75) is 6.61 Å². The van der Waals surface area contributed by atoms with Crippen molar-refractivity contribution in [3.05, 3.63) is 79.1 Å². The molecule has 0 radical (unpaired) electrons. The SMILES string of the molecule is CNc1ccc2ccc(OCc3cncc(-n4cc(-c5ccnn5C)c5c(N)ncnc54)c3)cc2n1. The summed E-state index contributed by atoms with van der Waals surface area (Å²) in [5.74, 6) is 1.96. The molecule has 0 spiro atoms. The number of nitrogens with one attached hydrogen (secondary N) is 1. The van der Waals surface area contributed by atoms with Crippen molar-refractivity contribution in [1.82, 2.24) is 34.3 Å². The second kappa shape index (κ2) is 8.66. The first-order chi connectivity index (χ1) is 17.6. The maximum absolute atomic E-state index is 6.27. The highest BCUT2D eigenvalue weighted by molar-refractivity contribution is 6.00. The van der Waals surface area contributed by atoms with Gasteiger partial charge in [0.2, 0.25) is 0 Å². The number of aryl methyl sites for hydroxylation is 1. The zero-order valence-electron chi connectivity index (χ0n) is 19.8. The van der Waals surface area contributed by atoms with Crippen molar-refractivity contribution in [2.24, 2.45) is 7.05 Å². The number of pyridine rings is 2. The van der Waals surface area contributed by atoms with E-state index in [1.54, 1.807) is 23.3 Å². The van der Waals surface area contributed by atoms with Gasteiger partial charge < -0.3 is 15.8 Å². The van der Waals surface area contributed by atoms with Gasteiger partial charge >= 0.3 is 0 Å². The Morgan fingerprint density at radius 1 is 1.06 bits per heavy atom. The summed E-state index contributed by atoms with van der Waals surface area (Å²) in [5, 5.41) is 9.18. The van der Waals surface area contributed by atoms with E-state index in [-0.39, 0.29) is 0 Å². The van der Waals surface area contributed by atoms with Gasteiger partial charge in [0.15, 0.2) is 5.65 Å². The molecule has 0 aliphatic rings. The van der Waals surface area contributed by atoms with Gasteiger partial charge in [-0.2, -0.15) is 5.10 Å². The van der Waals surface area contributed by atoms with Crippen LogP contribution in [0.1, 0.15) is 5.56 Å². The van der Waals surface area contributed by atoms with E-state index in [9.17, 15) is 0 Å². The molecule has 0 saturated carbocycles. The maximum Gasteiger partial charge on any atom is 0.150 e. The zero-order valence-corrected chi connectivity index (χ0v) is 19.8. The molecule has 0 unspecified atom stereocenters. The number of ether oxygens (including phenoxy) is 1. The molecule has 1 aromatic carbocycles. The molecule has 10 heteroatoms. The first kappa shape index (κ1) is 21.5. The van der Waals surface area contributed by atoms with Crippen LogP contribution in [0.2, 0.25) is 0 Å². The van der Waals surface area contributed by atoms with Crippen molar-refractivity contribution < 1.29 is 4.74 Å². The predicted octanol–water partition coefficient (Wildman–Crippen LogP) is 3.97. The van der Waals surface area contributed by atoms with Crippen LogP contribution in [0.3, 0.4) is 0 Å². The third-order valence-electron chi connectivity index (χ3n) is 6.09. The summed E-state index contributed by atoms with van der Waals surface area (Å²) < 4.78 is 9.85. The van der Waals surface area contributed by atoms with Gasteiger partial charge in [0.1, 0.15) is 30.3 Å². The van der Waals surface area contributed by atoms with Gasteiger partial charge in [-0.05, 0) is 36.4 Å². The van der Waals surface area contributed by atoms with E-state index >= 15 is 0 Å². The van der Waals surface area contributed by atoms with Crippen LogP contribution in [-0.2, 0) is 13.7 Å². The number of nitrogens with two attached hydrogens (primary N) is 1. The molecule has 6 aromatic rings. The van der Waals surface area contributed by atoms with E-state index in [4.69, 9.17) is 10.5 Å². The van der Waals surface area contributed by atoms with Gasteiger partial charge in [-0.15, -0.1) is 0 Å². The fourth-order valence-corrected chi connectivity index (χ4v) is 4.29. The third-order valence-corrected chi connectivity index (χ3v) is 6.09. The van der Waals surface area contributed by atoms with E-state index < -0.39 is 0 Å². The fraction of sp³-hybridized carbons (Fsp3) is 0.115. The molecule has 3 N–H and O–H groups in total. The molecule has 5 heterocycles. The normalized spacial score (nSPS) is 11.3. The van der Waals surface area contributed by atoms with Crippen LogP contribution >= 0.6 is 0 Å². The summed E-state index contributed by atoms with van der Waals surface area (Å²) in [6, 6.07) is 13.8. The summed E-state index contributed by atoms with van der Waals surface area (Å²) in [5.41, 5.74) is 11.4. The number of fused-ring (bicyclic) bond motifs is 2. The minimum Gasteiger partial charge on any atom is -0.489 e. The van der Waals surface area contributed by atoms with Crippen LogP contribution < -0.4 is 15.8 Å². The van der Waals surface area contributed by atoms with Gasteiger partial charge in [0.05, 0.1) is 28.5 Å². The molecule has 6 rings (SSSR count). The van der Waals surface area contributed by atoms with Gasteiger partial charge in [0.25, 0.3) is 0 Å². The summed E-state index contributed by atoms with van der Waals surface area (Å²) in [4.78, 5) is 17.8. The van der Waals surface area contributed by atoms with Gasteiger partial charge in [-0.3, -0.25) is 14.2 Å². The summed E-state index contributed by atoms with van der Waals surface area (Å²) in [6.45, 7) is 0.350. The number of nitrogens with zero attached hydrogens (tertiary/aromatic N) is 7. The Balaban J connectivity index is 1.33. The summed E-state index contributed by atoms with van der Waals surface area (Å²) in [6.07, 6.45) is 8.78. The number of hydrogen-bond donors (Lipinski definition) is 2. The molecule has 36 heavy (non-hydrogen) atoms. The highest BCUT2D eigenvalue weighted by atomic mass is 16.5. The number of hydrogen-bond acceptors (Lipinski definition) is 8. The average Bonchev–Trinajstić information content (AvgIpc) is 3.51. The van der Waals surface area contributed by atoms with E-state index in [2.05, 4.69) is 30.4 Å². The Morgan fingerprint density at radius 2 is 1.94 bits per heavy atom. The van der Waals surface area contributed by atoms with Crippen LogP contribution in [0.4, 0.5) is 11.6 Å². The molecule has 5 aromatic heterocycles. The molecule has 0 aliphatic heterocycles. The van der Waals surface area contributed by atoms with Crippen LogP contribution in [0.15, 0.2) is 73.6 Å². The molecule has 0 amide bonds. The van der Waals surface area contributed by atoms with Crippen molar-refractivity contribution in [2.75, 3.05) is 18.1 Å². The second-order valence-electron chi connectivity index (χ2n) is 8.35. The number of rotatable bonds is 6. The van der Waals surface area contributed by atoms with Crippen molar-refractivity contribution >= 4 is 33.6 Å². The van der Waals surface area contributed by atoms with Crippen LogP contribution in [-0.4, -0.2) is 41.3 Å². The zero-order chi connectivity index (χ0) is 24.6. The average molecular weight is 478 g/mol. The van der Waals surface area contributed by atoms with E-state index in [1.165, 1.54) is 6.33 Å². The van der Waals surface area contributed by atoms with Gasteiger partial charge in [-0.1, -0.05) is 0 Å². The molecule has 0 saturated heterocycles. The minimum absolute atomic E-state index is 0.350. The van der Waals surface area contributed by atoms with Crippen LogP contribution in [0.25, 0.3) is 38.9 Å². The lowest BCUT2D eigenvalue weighted by Gasteiger charge is -2.10. The Labute approximate surface area is 206 Å². The Morgan fingerprint density at radius 3 is 2.78 bits per heavy atom. The Hall–Kier alpha value is -4.99. The molecule has 0 atom stereocenters. The lowest BCUT2D eigenvalue weighted by atomic mass is 10.2. The number of nitrogen functional groups attached to an aromatic ring is 1. The molecule has 0 aliphatic carbocycles. The summed E-state index contributed by atoms with van der Waals surface area (Å²) >= 11 is 0. The van der Waals surface area contributed by atoms with Crippen molar-refractivity contribution in [1.29, 1.82) is 0 Å². The third kappa shape index (κ3) is 3.74. The number of benzene rings is 1. The standard InChI is InChI=1S/C26H23N9O/c1-28-23-6-4-17-3-5-19(10-21(17)33-23)36-14-16-9-18(12-29-11-16)35-13-20(22-7-8-32-34(22)2)24-25(27)30-15-31-26(24)35/h3-13,15H,14H2,1-2H3,(H,28,33)(H2,27,30,31). The Bertz CT molecular complexity index is 1720. The Kier molecular flexibility index (Phi) is 5.18.